The van der Waals surface area contributed by atoms with Crippen LogP contribution < -0.4 is 11.1 Å². The molecule has 0 bridgehead atoms. The van der Waals surface area contributed by atoms with Crippen LogP contribution in [-0.4, -0.2) is 11.9 Å². The highest BCUT2D eigenvalue weighted by Gasteiger charge is 2.25. The number of carbonyl (C=O) groups excluding carboxylic acids is 1. The molecular formula is C14H18BrFN2O. The van der Waals surface area contributed by atoms with Crippen LogP contribution in [0.15, 0.2) is 22.7 Å². The van der Waals surface area contributed by atoms with Crippen LogP contribution >= 0.6 is 15.9 Å². The maximum absolute atomic E-state index is 13.9. The first-order chi connectivity index (χ1) is 9.08. The van der Waals surface area contributed by atoms with E-state index in [4.69, 9.17) is 5.73 Å². The van der Waals surface area contributed by atoms with Crippen LogP contribution in [0.3, 0.4) is 0 Å². The van der Waals surface area contributed by atoms with Gasteiger partial charge in [-0.1, -0.05) is 35.2 Å². The highest BCUT2D eigenvalue weighted by molar-refractivity contribution is 9.10. The van der Waals surface area contributed by atoms with Crippen molar-refractivity contribution in [1.29, 1.82) is 0 Å². The van der Waals surface area contributed by atoms with E-state index in [1.165, 1.54) is 12.5 Å². The quantitative estimate of drug-likeness (QED) is 0.892. The largest absolute Gasteiger partial charge is 0.368 e. The van der Waals surface area contributed by atoms with Crippen LogP contribution in [0, 0.1) is 5.82 Å². The molecule has 0 aromatic heterocycles. The molecule has 3 nitrogen and oxygen atoms in total. The molecule has 0 heterocycles. The van der Waals surface area contributed by atoms with Gasteiger partial charge in [0.15, 0.2) is 0 Å². The molecular weight excluding hydrogens is 311 g/mol. The lowest BCUT2D eigenvalue weighted by atomic mass is 9.93. The van der Waals surface area contributed by atoms with Crippen LogP contribution in [-0.2, 0) is 4.79 Å². The Bertz CT molecular complexity index is 461. The van der Waals surface area contributed by atoms with Crippen molar-refractivity contribution < 1.29 is 9.18 Å². The smallest absolute Gasteiger partial charge is 0.239 e. The minimum atomic E-state index is -0.763. The van der Waals surface area contributed by atoms with Gasteiger partial charge in [0.1, 0.15) is 11.9 Å². The molecule has 3 N–H and O–H groups in total. The topological polar surface area (TPSA) is 55.1 Å². The molecule has 1 fully saturated rings. The van der Waals surface area contributed by atoms with Crippen molar-refractivity contribution in [3.63, 3.8) is 0 Å². The Morgan fingerprint density at radius 1 is 1.37 bits per heavy atom. The van der Waals surface area contributed by atoms with Crippen molar-refractivity contribution in [2.45, 2.75) is 44.2 Å². The van der Waals surface area contributed by atoms with E-state index in [9.17, 15) is 9.18 Å². The van der Waals surface area contributed by atoms with E-state index in [0.29, 0.717) is 5.56 Å². The predicted octanol–water partition coefficient (Wildman–Crippen LogP) is 3.04. The summed E-state index contributed by atoms with van der Waals surface area (Å²) in [7, 11) is 0. The van der Waals surface area contributed by atoms with Gasteiger partial charge in [-0.05, 0) is 31.0 Å². The number of halogens is 2. The summed E-state index contributed by atoms with van der Waals surface area (Å²) in [5.41, 5.74) is 5.73. The van der Waals surface area contributed by atoms with E-state index in [2.05, 4.69) is 21.2 Å². The van der Waals surface area contributed by atoms with Crippen LogP contribution in [0.1, 0.15) is 43.7 Å². The van der Waals surface area contributed by atoms with E-state index in [1.54, 1.807) is 12.1 Å². The minimum Gasteiger partial charge on any atom is -0.368 e. The molecule has 2 rings (SSSR count). The molecule has 1 saturated carbocycles. The molecule has 0 saturated heterocycles. The minimum absolute atomic E-state index is 0.240. The summed E-state index contributed by atoms with van der Waals surface area (Å²) in [6, 6.07) is 4.04. The molecule has 1 aliphatic rings. The zero-order valence-corrected chi connectivity index (χ0v) is 12.2. The van der Waals surface area contributed by atoms with Crippen molar-refractivity contribution in [1.82, 2.24) is 5.32 Å². The standard InChI is InChI=1S/C14H18BrFN2O/c15-9-6-7-12(16)11(8-9)13(14(17)19)18-10-4-2-1-3-5-10/h6-8,10,13,18H,1-5H2,(H2,17,19). The third-order valence-corrected chi connectivity index (χ3v) is 4.05. The van der Waals surface area contributed by atoms with Crippen molar-refractivity contribution in [3.05, 3.63) is 34.1 Å². The summed E-state index contributed by atoms with van der Waals surface area (Å²) >= 11 is 3.29. The van der Waals surface area contributed by atoms with Crippen LogP contribution in [0.5, 0.6) is 0 Å². The number of nitrogens with one attached hydrogen (secondary N) is 1. The number of primary amides is 1. The van der Waals surface area contributed by atoms with E-state index >= 15 is 0 Å². The van der Waals surface area contributed by atoms with Gasteiger partial charge in [0.05, 0.1) is 0 Å². The maximum atomic E-state index is 13.9. The molecule has 0 aliphatic heterocycles. The SMILES string of the molecule is NC(=O)C(NC1CCCCC1)c1cc(Br)ccc1F. The zero-order valence-electron chi connectivity index (χ0n) is 10.7. The molecule has 104 valence electrons. The van der Waals surface area contributed by atoms with Crippen molar-refractivity contribution in [2.24, 2.45) is 5.73 Å². The summed E-state index contributed by atoms with van der Waals surface area (Å²) in [6.45, 7) is 0. The normalized spacial score (nSPS) is 18.2. The molecule has 5 heteroatoms. The Kier molecular flexibility index (Phi) is 4.93. The lowest BCUT2D eigenvalue weighted by Crippen LogP contribution is -2.41. The molecule has 1 aliphatic carbocycles. The first-order valence-corrected chi connectivity index (χ1v) is 7.37. The highest BCUT2D eigenvalue weighted by Crippen LogP contribution is 2.25. The van der Waals surface area contributed by atoms with Crippen molar-refractivity contribution in [3.8, 4) is 0 Å². The van der Waals surface area contributed by atoms with Gasteiger partial charge in [-0.25, -0.2) is 4.39 Å². The van der Waals surface area contributed by atoms with Gasteiger partial charge in [-0.15, -0.1) is 0 Å². The molecule has 1 aromatic carbocycles. The van der Waals surface area contributed by atoms with Gasteiger partial charge in [0.2, 0.25) is 5.91 Å². The predicted molar refractivity (Wildman–Crippen MR) is 76.0 cm³/mol. The van der Waals surface area contributed by atoms with Crippen LogP contribution in [0.4, 0.5) is 4.39 Å². The molecule has 1 unspecified atom stereocenters. The number of hydrogen-bond donors (Lipinski definition) is 2. The number of carbonyl (C=O) groups is 1. The maximum Gasteiger partial charge on any atom is 0.239 e. The Morgan fingerprint density at radius 3 is 2.68 bits per heavy atom. The lowest BCUT2D eigenvalue weighted by Gasteiger charge is -2.27. The second-order valence-electron chi connectivity index (χ2n) is 5.00. The summed E-state index contributed by atoms with van der Waals surface area (Å²) < 4.78 is 14.6. The van der Waals surface area contributed by atoms with E-state index in [1.807, 2.05) is 0 Å². The Labute approximate surface area is 120 Å². The van der Waals surface area contributed by atoms with Gasteiger partial charge in [0.25, 0.3) is 0 Å². The lowest BCUT2D eigenvalue weighted by molar-refractivity contribution is -0.120. The molecule has 0 radical (unpaired) electrons. The van der Waals surface area contributed by atoms with Gasteiger partial charge in [-0.3, -0.25) is 10.1 Å². The van der Waals surface area contributed by atoms with Crippen LogP contribution in [0.2, 0.25) is 0 Å². The second-order valence-corrected chi connectivity index (χ2v) is 5.92. The summed E-state index contributed by atoms with van der Waals surface area (Å²) in [5.74, 6) is -0.946. The van der Waals surface area contributed by atoms with Gasteiger partial charge < -0.3 is 5.73 Å². The fourth-order valence-electron chi connectivity index (χ4n) is 2.57. The van der Waals surface area contributed by atoms with Gasteiger partial charge >= 0.3 is 0 Å². The Morgan fingerprint density at radius 2 is 2.05 bits per heavy atom. The number of benzene rings is 1. The van der Waals surface area contributed by atoms with Crippen molar-refractivity contribution >= 4 is 21.8 Å². The van der Waals surface area contributed by atoms with Crippen LogP contribution in [0.25, 0.3) is 0 Å². The van der Waals surface area contributed by atoms with Crippen molar-refractivity contribution in [2.75, 3.05) is 0 Å². The number of nitrogens with two attached hydrogens (primary N) is 1. The van der Waals surface area contributed by atoms with E-state index < -0.39 is 17.8 Å². The fraction of sp³-hybridized carbons (Fsp3) is 0.500. The van der Waals surface area contributed by atoms with Gasteiger partial charge in [0, 0.05) is 16.1 Å². The molecule has 1 aromatic rings. The fourth-order valence-corrected chi connectivity index (χ4v) is 2.94. The molecule has 19 heavy (non-hydrogen) atoms. The third-order valence-electron chi connectivity index (χ3n) is 3.56. The monoisotopic (exact) mass is 328 g/mol. The number of amides is 1. The first-order valence-electron chi connectivity index (χ1n) is 6.58. The van der Waals surface area contributed by atoms with Gasteiger partial charge in [-0.2, -0.15) is 0 Å². The molecule has 0 spiro atoms. The average Bonchev–Trinajstić information content (AvgIpc) is 2.40. The molecule has 1 amide bonds. The number of hydrogen-bond acceptors (Lipinski definition) is 2. The summed E-state index contributed by atoms with van der Waals surface area (Å²) in [6.07, 6.45) is 5.54. The average molecular weight is 329 g/mol. The first kappa shape index (κ1) is 14.5. The van der Waals surface area contributed by atoms with E-state index in [0.717, 1.165) is 30.2 Å². The summed E-state index contributed by atoms with van der Waals surface area (Å²) in [4.78, 5) is 11.6. The Hall–Kier alpha value is -0.940. The number of rotatable bonds is 4. The third kappa shape index (κ3) is 3.76. The highest BCUT2D eigenvalue weighted by atomic mass is 79.9. The zero-order chi connectivity index (χ0) is 13.8. The second kappa shape index (κ2) is 6.48. The van der Waals surface area contributed by atoms with E-state index in [-0.39, 0.29) is 6.04 Å². The molecule has 1 atom stereocenters. The Balaban J connectivity index is 2.19. The summed E-state index contributed by atoms with van der Waals surface area (Å²) in [5, 5.41) is 3.20.